The largest absolute Gasteiger partial charge is 0.495 e. The van der Waals surface area contributed by atoms with Crippen molar-refractivity contribution in [1.29, 1.82) is 0 Å². The Kier molecular flexibility index (Phi) is 7.40. The molecule has 0 unspecified atom stereocenters. The summed E-state index contributed by atoms with van der Waals surface area (Å²) in [6.45, 7) is 0.0681. The first-order valence-electron chi connectivity index (χ1n) is 8.47. The lowest BCUT2D eigenvalue weighted by atomic mass is 10.2. The number of nitro benzene ring substituents is 1. The molecule has 2 aromatic rings. The number of rotatable bonds is 9. The quantitative estimate of drug-likeness (QED) is 0.470. The van der Waals surface area contributed by atoms with Crippen LogP contribution in [0.5, 0.6) is 5.75 Å². The molecular weight excluding hydrogens is 422 g/mol. The molecule has 11 heteroatoms. The number of benzene rings is 2. The molecule has 0 saturated heterocycles. The highest BCUT2D eigenvalue weighted by molar-refractivity contribution is 7.92. The number of hydrogen-bond acceptors (Lipinski definition) is 6. The van der Waals surface area contributed by atoms with Crippen molar-refractivity contribution in [1.82, 2.24) is 0 Å². The van der Waals surface area contributed by atoms with Crippen molar-refractivity contribution < 1.29 is 22.9 Å². The van der Waals surface area contributed by atoms with Gasteiger partial charge in [0.2, 0.25) is 15.9 Å². The summed E-state index contributed by atoms with van der Waals surface area (Å²) in [5, 5.41) is 13.9. The summed E-state index contributed by atoms with van der Waals surface area (Å²) in [6, 6.07) is 10.3. The first kappa shape index (κ1) is 22.4. The number of carbonyl (C=O) groups excluding carboxylic acids is 1. The third kappa shape index (κ3) is 6.33. The Hall–Kier alpha value is -2.85. The van der Waals surface area contributed by atoms with Crippen LogP contribution in [-0.2, 0) is 14.8 Å². The number of nitrogens with one attached hydrogen (secondary N) is 1. The number of ether oxygens (including phenoxy) is 1. The van der Waals surface area contributed by atoms with Crippen LogP contribution in [0.25, 0.3) is 0 Å². The van der Waals surface area contributed by atoms with Crippen molar-refractivity contribution in [3.05, 3.63) is 57.6 Å². The zero-order chi connectivity index (χ0) is 21.6. The highest BCUT2D eigenvalue weighted by Gasteiger charge is 2.18. The zero-order valence-electron chi connectivity index (χ0n) is 15.8. The van der Waals surface area contributed by atoms with E-state index in [2.05, 4.69) is 5.32 Å². The highest BCUT2D eigenvalue weighted by atomic mass is 35.5. The fourth-order valence-electron chi connectivity index (χ4n) is 2.62. The standard InChI is InChI=1S/C18H20ClN3O6S/c1-28-17-9-8-15(22(24)25)12-16(17)20-18(23)7-4-10-21(29(2,26)27)14-6-3-5-13(19)11-14/h3,5-6,8-9,11-12H,4,7,10H2,1-2H3,(H,20,23). The lowest BCUT2D eigenvalue weighted by Gasteiger charge is -2.22. The highest BCUT2D eigenvalue weighted by Crippen LogP contribution is 2.29. The molecule has 0 heterocycles. The van der Waals surface area contributed by atoms with Gasteiger partial charge in [-0.25, -0.2) is 8.42 Å². The number of hydrogen-bond donors (Lipinski definition) is 1. The van der Waals surface area contributed by atoms with Gasteiger partial charge in [-0.3, -0.25) is 19.2 Å². The second-order valence-corrected chi connectivity index (χ2v) is 8.45. The summed E-state index contributed by atoms with van der Waals surface area (Å²) < 4.78 is 30.5. The van der Waals surface area contributed by atoms with Gasteiger partial charge in [0.1, 0.15) is 5.75 Å². The summed E-state index contributed by atoms with van der Waals surface area (Å²) in [5.74, 6) is -0.149. The number of halogens is 1. The van der Waals surface area contributed by atoms with Crippen LogP contribution < -0.4 is 14.4 Å². The van der Waals surface area contributed by atoms with Gasteiger partial charge in [0.25, 0.3) is 5.69 Å². The van der Waals surface area contributed by atoms with Gasteiger partial charge in [0, 0.05) is 30.1 Å². The molecule has 156 valence electrons. The van der Waals surface area contributed by atoms with Crippen LogP contribution in [0.2, 0.25) is 5.02 Å². The van der Waals surface area contributed by atoms with Gasteiger partial charge in [-0.2, -0.15) is 0 Å². The van der Waals surface area contributed by atoms with Crippen molar-refractivity contribution >= 4 is 44.6 Å². The molecule has 2 aromatic carbocycles. The molecule has 1 N–H and O–H groups in total. The summed E-state index contributed by atoms with van der Waals surface area (Å²) in [4.78, 5) is 22.6. The second kappa shape index (κ2) is 9.57. The van der Waals surface area contributed by atoms with Gasteiger partial charge in [0.15, 0.2) is 0 Å². The molecule has 2 rings (SSSR count). The van der Waals surface area contributed by atoms with Gasteiger partial charge >= 0.3 is 0 Å². The molecule has 29 heavy (non-hydrogen) atoms. The smallest absolute Gasteiger partial charge is 0.271 e. The number of methoxy groups -OCH3 is 1. The number of amides is 1. The topological polar surface area (TPSA) is 119 Å². The average molecular weight is 442 g/mol. The molecule has 0 radical (unpaired) electrons. The third-order valence-electron chi connectivity index (χ3n) is 3.93. The molecule has 0 atom stereocenters. The maximum atomic E-state index is 12.3. The van der Waals surface area contributed by atoms with Crippen LogP contribution in [0.4, 0.5) is 17.1 Å². The van der Waals surface area contributed by atoms with Gasteiger partial charge in [-0.05, 0) is 30.7 Å². The minimum absolute atomic E-state index is 0.00156. The Balaban J connectivity index is 2.05. The summed E-state index contributed by atoms with van der Waals surface area (Å²) in [7, 11) is -2.19. The molecule has 9 nitrogen and oxygen atoms in total. The lowest BCUT2D eigenvalue weighted by molar-refractivity contribution is -0.384. The molecule has 0 bridgehead atoms. The predicted molar refractivity (Wildman–Crippen MR) is 111 cm³/mol. The summed E-state index contributed by atoms with van der Waals surface area (Å²) in [5.41, 5.74) is 0.382. The Morgan fingerprint density at radius 1 is 1.28 bits per heavy atom. The van der Waals surface area contributed by atoms with Gasteiger partial charge in [0.05, 0.1) is 29.7 Å². The summed E-state index contributed by atoms with van der Waals surface area (Å²) >= 11 is 5.93. The molecule has 0 aromatic heterocycles. The van der Waals surface area contributed by atoms with Crippen LogP contribution in [0, 0.1) is 10.1 Å². The van der Waals surface area contributed by atoms with Crippen molar-refractivity contribution in [3.8, 4) is 5.75 Å². The van der Waals surface area contributed by atoms with Crippen molar-refractivity contribution in [2.24, 2.45) is 0 Å². The van der Waals surface area contributed by atoms with Gasteiger partial charge in [-0.1, -0.05) is 17.7 Å². The van der Waals surface area contributed by atoms with Crippen molar-refractivity contribution in [2.45, 2.75) is 12.8 Å². The van der Waals surface area contributed by atoms with E-state index in [0.717, 1.165) is 6.26 Å². The van der Waals surface area contributed by atoms with E-state index in [1.54, 1.807) is 18.2 Å². The van der Waals surface area contributed by atoms with Crippen LogP contribution in [0.15, 0.2) is 42.5 Å². The third-order valence-corrected chi connectivity index (χ3v) is 5.36. The number of nitro groups is 1. The maximum Gasteiger partial charge on any atom is 0.271 e. The summed E-state index contributed by atoms with van der Waals surface area (Å²) in [6.07, 6.45) is 1.29. The molecule has 0 saturated carbocycles. The van der Waals surface area contributed by atoms with E-state index in [4.69, 9.17) is 16.3 Å². The molecule has 0 aliphatic rings. The van der Waals surface area contributed by atoms with E-state index < -0.39 is 20.9 Å². The van der Waals surface area contributed by atoms with Crippen LogP contribution in [-0.4, -0.2) is 39.2 Å². The molecule has 0 aliphatic carbocycles. The Labute approximate surface area is 173 Å². The van der Waals surface area contributed by atoms with Gasteiger partial charge in [-0.15, -0.1) is 0 Å². The fraction of sp³-hybridized carbons (Fsp3) is 0.278. The zero-order valence-corrected chi connectivity index (χ0v) is 17.4. The number of carbonyl (C=O) groups is 1. The average Bonchev–Trinajstić information content (AvgIpc) is 2.64. The number of anilines is 2. The van der Waals surface area contributed by atoms with Crippen molar-refractivity contribution in [2.75, 3.05) is 29.5 Å². The number of nitrogens with zero attached hydrogens (tertiary/aromatic N) is 2. The van der Waals surface area contributed by atoms with E-state index in [1.807, 2.05) is 0 Å². The SMILES string of the molecule is COc1ccc([N+](=O)[O-])cc1NC(=O)CCCN(c1cccc(Cl)c1)S(C)(=O)=O. The van der Waals surface area contributed by atoms with E-state index in [-0.39, 0.29) is 36.5 Å². The molecular formula is C18H20ClN3O6S. The minimum atomic E-state index is -3.57. The predicted octanol–water partition coefficient (Wildman–Crippen LogP) is 3.44. The van der Waals surface area contributed by atoms with E-state index in [0.29, 0.717) is 10.7 Å². The van der Waals surface area contributed by atoms with E-state index >= 15 is 0 Å². The second-order valence-electron chi connectivity index (χ2n) is 6.11. The first-order valence-corrected chi connectivity index (χ1v) is 10.7. The molecule has 0 aliphatic heterocycles. The molecule has 0 spiro atoms. The Bertz CT molecular complexity index is 1010. The first-order chi connectivity index (χ1) is 13.6. The number of non-ortho nitro benzene ring substituents is 1. The lowest BCUT2D eigenvalue weighted by Crippen LogP contribution is -2.31. The van der Waals surface area contributed by atoms with Crippen molar-refractivity contribution in [3.63, 3.8) is 0 Å². The van der Waals surface area contributed by atoms with Crippen LogP contribution in [0.3, 0.4) is 0 Å². The van der Waals surface area contributed by atoms with E-state index in [9.17, 15) is 23.3 Å². The normalized spacial score (nSPS) is 11.0. The molecule has 0 fully saturated rings. The number of sulfonamides is 1. The monoisotopic (exact) mass is 441 g/mol. The maximum absolute atomic E-state index is 12.3. The Morgan fingerprint density at radius 3 is 2.59 bits per heavy atom. The van der Waals surface area contributed by atoms with Crippen LogP contribution >= 0.6 is 11.6 Å². The Morgan fingerprint density at radius 2 is 2.00 bits per heavy atom. The van der Waals surface area contributed by atoms with Crippen LogP contribution in [0.1, 0.15) is 12.8 Å². The van der Waals surface area contributed by atoms with E-state index in [1.165, 1.54) is 35.7 Å². The molecule has 1 amide bonds. The fourth-order valence-corrected chi connectivity index (χ4v) is 3.76. The minimum Gasteiger partial charge on any atom is -0.495 e. The van der Waals surface area contributed by atoms with Gasteiger partial charge < -0.3 is 10.1 Å².